The van der Waals surface area contributed by atoms with Crippen LogP contribution < -0.4 is 5.73 Å². The van der Waals surface area contributed by atoms with E-state index in [9.17, 15) is 9.59 Å². The molecule has 0 spiro atoms. The summed E-state index contributed by atoms with van der Waals surface area (Å²) in [4.78, 5) is 29.5. The van der Waals surface area contributed by atoms with Gasteiger partial charge in [0.25, 0.3) is 11.8 Å². The van der Waals surface area contributed by atoms with Crippen LogP contribution in [-0.4, -0.2) is 56.8 Å². The van der Waals surface area contributed by atoms with E-state index in [0.29, 0.717) is 6.54 Å². The van der Waals surface area contributed by atoms with Crippen LogP contribution >= 0.6 is 0 Å². The van der Waals surface area contributed by atoms with Gasteiger partial charge in [-0.1, -0.05) is 6.92 Å². The highest BCUT2D eigenvalue weighted by atomic mass is 16.5. The second-order valence-corrected chi connectivity index (χ2v) is 6.23. The Hall–Kier alpha value is -1.96. The van der Waals surface area contributed by atoms with Crippen LogP contribution in [0.25, 0.3) is 0 Å². The van der Waals surface area contributed by atoms with Gasteiger partial charge in [-0.2, -0.15) is 0 Å². The quantitative estimate of drug-likeness (QED) is 0.869. The Morgan fingerprint density at radius 1 is 1.39 bits per heavy atom. The van der Waals surface area contributed by atoms with E-state index >= 15 is 0 Å². The number of likely N-dealkylation sites (tertiary alicyclic amines) is 1. The number of carbonyl (C=O) groups excluding carboxylic acids is 2. The summed E-state index contributed by atoms with van der Waals surface area (Å²) in [5.41, 5.74) is 5.18. The molecule has 2 aliphatic heterocycles. The van der Waals surface area contributed by atoms with E-state index in [0.717, 1.165) is 38.6 Å². The first-order valence-electron chi connectivity index (χ1n) is 8.23. The highest BCUT2D eigenvalue weighted by Gasteiger charge is 2.35. The molecule has 3 rings (SSSR count). The highest BCUT2D eigenvalue weighted by Crippen LogP contribution is 2.26. The van der Waals surface area contributed by atoms with Crippen LogP contribution in [0.3, 0.4) is 0 Å². The number of hydrogen-bond donors (Lipinski definition) is 1. The summed E-state index contributed by atoms with van der Waals surface area (Å²) in [5, 5.41) is 4.11. The van der Waals surface area contributed by atoms with Gasteiger partial charge < -0.3 is 15.4 Å². The van der Waals surface area contributed by atoms with Gasteiger partial charge in [0.1, 0.15) is 12.4 Å². The maximum absolute atomic E-state index is 12.6. The van der Waals surface area contributed by atoms with E-state index in [1.807, 2.05) is 4.90 Å². The van der Waals surface area contributed by atoms with Gasteiger partial charge in [0, 0.05) is 13.1 Å². The SMILES string of the molecule is CC[C@@H]1CC[C@@H](C(=O)N2CCC[C@@H](n3cnc(C(N)=O)n3)C2)O1. The first kappa shape index (κ1) is 15.9. The molecular formula is C15H23N5O3. The minimum absolute atomic E-state index is 0.0124. The van der Waals surface area contributed by atoms with Crippen molar-refractivity contribution in [3.63, 3.8) is 0 Å². The van der Waals surface area contributed by atoms with Crippen LogP contribution in [0.15, 0.2) is 6.33 Å². The molecule has 0 aliphatic carbocycles. The number of carbonyl (C=O) groups is 2. The molecule has 2 amide bonds. The largest absolute Gasteiger partial charge is 0.365 e. The van der Waals surface area contributed by atoms with Crippen molar-refractivity contribution in [1.82, 2.24) is 19.7 Å². The maximum Gasteiger partial charge on any atom is 0.288 e. The van der Waals surface area contributed by atoms with Crippen molar-refractivity contribution in [2.45, 2.75) is 57.3 Å². The van der Waals surface area contributed by atoms with Gasteiger partial charge in [0.2, 0.25) is 5.82 Å². The van der Waals surface area contributed by atoms with Crippen molar-refractivity contribution < 1.29 is 14.3 Å². The lowest BCUT2D eigenvalue weighted by molar-refractivity contribution is -0.144. The Kier molecular flexibility index (Phi) is 4.61. The summed E-state index contributed by atoms with van der Waals surface area (Å²) in [6.07, 6.45) is 5.90. The van der Waals surface area contributed by atoms with E-state index in [4.69, 9.17) is 10.5 Å². The molecule has 0 unspecified atom stereocenters. The fourth-order valence-corrected chi connectivity index (χ4v) is 3.33. The number of ether oxygens (including phenoxy) is 1. The van der Waals surface area contributed by atoms with E-state index in [-0.39, 0.29) is 30.0 Å². The molecule has 3 heterocycles. The van der Waals surface area contributed by atoms with Gasteiger partial charge in [0.05, 0.1) is 12.1 Å². The summed E-state index contributed by atoms with van der Waals surface area (Å²) < 4.78 is 7.46. The van der Waals surface area contributed by atoms with Gasteiger partial charge in [-0.15, -0.1) is 5.10 Å². The molecular weight excluding hydrogens is 298 g/mol. The Balaban J connectivity index is 1.63. The Labute approximate surface area is 135 Å². The van der Waals surface area contributed by atoms with Crippen molar-refractivity contribution in [2.75, 3.05) is 13.1 Å². The average Bonchev–Trinajstić information content (AvgIpc) is 3.23. The standard InChI is InChI=1S/C15H23N5O3/c1-2-11-5-6-12(23-11)15(22)19-7-3-4-10(8-19)20-9-17-14(18-20)13(16)21/h9-12H,2-8H2,1H3,(H2,16,21)/t10-,11-,12+/m1/s1. The molecule has 2 fully saturated rings. The first-order chi connectivity index (χ1) is 11.1. The third-order valence-electron chi connectivity index (χ3n) is 4.65. The van der Waals surface area contributed by atoms with E-state index in [1.54, 1.807) is 4.68 Å². The number of amides is 2. The summed E-state index contributed by atoms with van der Waals surface area (Å²) in [6.45, 7) is 3.38. The molecule has 2 saturated heterocycles. The Morgan fingerprint density at radius 2 is 2.22 bits per heavy atom. The first-order valence-corrected chi connectivity index (χ1v) is 8.23. The number of primary amides is 1. The summed E-state index contributed by atoms with van der Waals surface area (Å²) >= 11 is 0. The molecule has 0 bridgehead atoms. The Morgan fingerprint density at radius 3 is 2.87 bits per heavy atom. The normalized spacial score (nSPS) is 28.0. The van der Waals surface area contributed by atoms with Crippen LogP contribution in [0.5, 0.6) is 0 Å². The highest BCUT2D eigenvalue weighted by molar-refractivity contribution is 5.88. The molecule has 8 heteroatoms. The molecule has 2 aliphatic rings. The van der Waals surface area contributed by atoms with Crippen LogP contribution in [0.1, 0.15) is 55.7 Å². The molecule has 126 valence electrons. The number of piperidine rings is 1. The number of aromatic nitrogens is 3. The van der Waals surface area contributed by atoms with Crippen LogP contribution in [0.2, 0.25) is 0 Å². The molecule has 2 N–H and O–H groups in total. The van der Waals surface area contributed by atoms with Gasteiger partial charge in [-0.05, 0) is 32.1 Å². The summed E-state index contributed by atoms with van der Waals surface area (Å²) in [7, 11) is 0. The zero-order valence-corrected chi connectivity index (χ0v) is 13.4. The van der Waals surface area contributed by atoms with Crippen LogP contribution in [0.4, 0.5) is 0 Å². The molecule has 0 aromatic carbocycles. The van der Waals surface area contributed by atoms with Crippen LogP contribution in [0, 0.1) is 0 Å². The molecule has 1 aromatic heterocycles. The molecule has 1 aromatic rings. The van der Waals surface area contributed by atoms with Crippen LogP contribution in [-0.2, 0) is 9.53 Å². The van der Waals surface area contributed by atoms with Gasteiger partial charge >= 0.3 is 0 Å². The van der Waals surface area contributed by atoms with Crippen molar-refractivity contribution in [3.8, 4) is 0 Å². The predicted octanol–water partition coefficient (Wildman–Crippen LogP) is 0.498. The lowest BCUT2D eigenvalue weighted by atomic mass is 10.0. The number of rotatable bonds is 4. The molecule has 3 atom stereocenters. The summed E-state index contributed by atoms with van der Waals surface area (Å²) in [5.74, 6) is -0.559. The minimum atomic E-state index is -0.641. The maximum atomic E-state index is 12.6. The van der Waals surface area contributed by atoms with E-state index in [2.05, 4.69) is 17.0 Å². The predicted molar refractivity (Wildman–Crippen MR) is 81.6 cm³/mol. The average molecular weight is 321 g/mol. The molecule has 0 radical (unpaired) electrons. The van der Waals surface area contributed by atoms with Crippen molar-refractivity contribution in [3.05, 3.63) is 12.2 Å². The van der Waals surface area contributed by atoms with Crippen molar-refractivity contribution in [2.24, 2.45) is 5.73 Å². The zero-order valence-electron chi connectivity index (χ0n) is 13.4. The lowest BCUT2D eigenvalue weighted by Crippen LogP contribution is -2.45. The van der Waals surface area contributed by atoms with Crippen molar-refractivity contribution in [1.29, 1.82) is 0 Å². The van der Waals surface area contributed by atoms with Gasteiger partial charge in [0.15, 0.2) is 0 Å². The second kappa shape index (κ2) is 6.66. The molecule has 8 nitrogen and oxygen atoms in total. The Bertz CT molecular complexity index is 587. The molecule has 23 heavy (non-hydrogen) atoms. The number of nitrogens with zero attached hydrogens (tertiary/aromatic N) is 4. The van der Waals surface area contributed by atoms with Crippen molar-refractivity contribution >= 4 is 11.8 Å². The molecule has 0 saturated carbocycles. The fraction of sp³-hybridized carbons (Fsp3) is 0.733. The summed E-state index contributed by atoms with van der Waals surface area (Å²) in [6, 6.07) is 0.0247. The smallest absolute Gasteiger partial charge is 0.288 e. The second-order valence-electron chi connectivity index (χ2n) is 6.23. The minimum Gasteiger partial charge on any atom is -0.365 e. The topological polar surface area (TPSA) is 103 Å². The third kappa shape index (κ3) is 3.36. The monoisotopic (exact) mass is 321 g/mol. The number of hydrogen-bond acceptors (Lipinski definition) is 5. The number of nitrogens with two attached hydrogens (primary N) is 1. The fourth-order valence-electron chi connectivity index (χ4n) is 3.33. The zero-order chi connectivity index (χ0) is 16.4. The van der Waals surface area contributed by atoms with Gasteiger partial charge in [-0.25, -0.2) is 9.67 Å². The lowest BCUT2D eigenvalue weighted by Gasteiger charge is -2.34. The van der Waals surface area contributed by atoms with Gasteiger partial charge in [-0.3, -0.25) is 9.59 Å². The van der Waals surface area contributed by atoms with E-state index < -0.39 is 5.91 Å². The third-order valence-corrected chi connectivity index (χ3v) is 4.65. The van der Waals surface area contributed by atoms with E-state index in [1.165, 1.54) is 6.33 Å².